The van der Waals surface area contributed by atoms with Crippen LogP contribution in [0.2, 0.25) is 5.02 Å². The summed E-state index contributed by atoms with van der Waals surface area (Å²) in [5.74, 6) is -0.360. The maximum atomic E-state index is 13.0. The van der Waals surface area contributed by atoms with Crippen LogP contribution >= 0.6 is 22.9 Å². The number of thiazole rings is 1. The molecule has 2 rings (SSSR count). The number of nitrogens with two attached hydrogens (primary N) is 1. The van der Waals surface area contributed by atoms with Gasteiger partial charge in [0.05, 0.1) is 10.0 Å². The molecule has 0 aliphatic carbocycles. The molecule has 0 atom stereocenters. The van der Waals surface area contributed by atoms with Crippen LogP contribution in [0, 0.1) is 5.82 Å². The van der Waals surface area contributed by atoms with Crippen LogP contribution in [0.1, 0.15) is 18.4 Å². The summed E-state index contributed by atoms with van der Waals surface area (Å²) in [6.45, 7) is 2.09. The molecule has 90 valence electrons. The van der Waals surface area contributed by atoms with E-state index in [0.29, 0.717) is 21.3 Å². The van der Waals surface area contributed by atoms with Gasteiger partial charge in [-0.25, -0.2) is 9.37 Å². The molecule has 2 N–H and O–H groups in total. The number of aromatic nitrogens is 1. The van der Waals surface area contributed by atoms with Gasteiger partial charge in [0.2, 0.25) is 0 Å². The predicted octanol–water partition coefficient (Wildman–Crippen LogP) is 4.14. The second-order valence-electron chi connectivity index (χ2n) is 3.69. The fourth-order valence-electron chi connectivity index (χ4n) is 1.57. The zero-order chi connectivity index (χ0) is 12.4. The second-order valence-corrected chi connectivity index (χ2v) is 5.22. The Morgan fingerprint density at radius 1 is 1.47 bits per heavy atom. The quantitative estimate of drug-likeness (QED) is 0.910. The summed E-state index contributed by atoms with van der Waals surface area (Å²) in [5.41, 5.74) is 7.25. The maximum Gasteiger partial charge on any atom is 0.124 e. The molecule has 2 nitrogen and oxygen atoms in total. The number of halogens is 2. The average Bonchev–Trinajstić information content (AvgIpc) is 2.60. The largest absolute Gasteiger partial charge is 0.389 e. The van der Waals surface area contributed by atoms with Gasteiger partial charge in [0.15, 0.2) is 0 Å². The van der Waals surface area contributed by atoms with E-state index in [1.807, 2.05) is 0 Å². The molecule has 0 saturated carbocycles. The highest BCUT2D eigenvalue weighted by Crippen LogP contribution is 2.35. The van der Waals surface area contributed by atoms with Gasteiger partial charge in [-0.05, 0) is 31.0 Å². The van der Waals surface area contributed by atoms with Crippen molar-refractivity contribution >= 4 is 27.9 Å². The zero-order valence-electron chi connectivity index (χ0n) is 9.34. The van der Waals surface area contributed by atoms with E-state index >= 15 is 0 Å². The molecule has 0 saturated heterocycles. The van der Waals surface area contributed by atoms with Gasteiger partial charge in [-0.1, -0.05) is 18.5 Å². The first-order valence-corrected chi connectivity index (χ1v) is 6.52. The highest BCUT2D eigenvalue weighted by molar-refractivity contribution is 7.16. The molecular weight excluding hydrogens is 259 g/mol. The number of hydrogen-bond donors (Lipinski definition) is 1. The Bertz CT molecular complexity index is 539. The minimum absolute atomic E-state index is 0.338. The molecule has 0 fully saturated rings. The van der Waals surface area contributed by atoms with Crippen LogP contribution in [0.3, 0.4) is 0 Å². The normalized spacial score (nSPS) is 10.8. The van der Waals surface area contributed by atoms with Gasteiger partial charge in [0.25, 0.3) is 0 Å². The van der Waals surface area contributed by atoms with Crippen LogP contribution in [-0.2, 0) is 6.42 Å². The Balaban J connectivity index is 2.45. The Morgan fingerprint density at radius 2 is 2.24 bits per heavy atom. The van der Waals surface area contributed by atoms with Gasteiger partial charge >= 0.3 is 0 Å². The zero-order valence-corrected chi connectivity index (χ0v) is 10.9. The van der Waals surface area contributed by atoms with E-state index in [0.717, 1.165) is 17.8 Å². The molecule has 1 aromatic heterocycles. The fraction of sp³-hybridized carbons (Fsp3) is 0.250. The molecule has 2 aromatic rings. The van der Waals surface area contributed by atoms with Crippen LogP contribution in [-0.4, -0.2) is 4.98 Å². The van der Waals surface area contributed by atoms with E-state index in [2.05, 4.69) is 11.9 Å². The molecule has 0 bridgehead atoms. The Hall–Kier alpha value is -1.13. The molecule has 0 amide bonds. The third kappa shape index (κ3) is 2.58. The van der Waals surface area contributed by atoms with Crippen molar-refractivity contribution in [3.63, 3.8) is 0 Å². The van der Waals surface area contributed by atoms with Gasteiger partial charge in [0.1, 0.15) is 16.5 Å². The lowest BCUT2D eigenvalue weighted by atomic mass is 10.1. The van der Waals surface area contributed by atoms with Gasteiger partial charge in [-0.2, -0.15) is 0 Å². The highest BCUT2D eigenvalue weighted by atomic mass is 35.5. The summed E-state index contributed by atoms with van der Waals surface area (Å²) in [7, 11) is 0. The molecule has 0 aliphatic heterocycles. The van der Waals surface area contributed by atoms with E-state index in [1.54, 1.807) is 6.07 Å². The molecule has 1 heterocycles. The minimum Gasteiger partial charge on any atom is -0.389 e. The van der Waals surface area contributed by atoms with Crippen LogP contribution in [0.4, 0.5) is 9.39 Å². The number of nitrogen functional groups attached to an aromatic ring is 1. The number of benzene rings is 1. The summed E-state index contributed by atoms with van der Waals surface area (Å²) in [4.78, 5) is 4.45. The number of anilines is 1. The van der Waals surface area contributed by atoms with Crippen LogP contribution < -0.4 is 5.73 Å². The van der Waals surface area contributed by atoms with Crippen molar-refractivity contribution in [3.8, 4) is 11.3 Å². The standard InChI is InChI=1S/C12H12ClFN2S/c1-2-3-10-16-11(12(15)17-10)8-5-4-7(14)6-9(8)13/h4-6H,2-3,15H2,1H3. The van der Waals surface area contributed by atoms with Crippen molar-refractivity contribution in [2.75, 3.05) is 5.73 Å². The maximum absolute atomic E-state index is 13.0. The van der Waals surface area contributed by atoms with Crippen molar-refractivity contribution in [3.05, 3.63) is 34.0 Å². The van der Waals surface area contributed by atoms with Gasteiger partial charge in [-0.3, -0.25) is 0 Å². The molecular formula is C12H12ClFN2S. The summed E-state index contributed by atoms with van der Waals surface area (Å²) in [5, 5.41) is 1.95. The predicted molar refractivity (Wildman–Crippen MR) is 70.9 cm³/mol. The van der Waals surface area contributed by atoms with Crippen molar-refractivity contribution in [2.24, 2.45) is 0 Å². The summed E-state index contributed by atoms with van der Waals surface area (Å²) in [6, 6.07) is 4.24. The van der Waals surface area contributed by atoms with E-state index < -0.39 is 0 Å². The molecule has 17 heavy (non-hydrogen) atoms. The SMILES string of the molecule is CCCc1nc(-c2ccc(F)cc2Cl)c(N)s1. The number of nitrogens with zero attached hydrogens (tertiary/aromatic N) is 1. The Labute approximate surface area is 108 Å². The van der Waals surface area contributed by atoms with Crippen LogP contribution in [0.5, 0.6) is 0 Å². The first kappa shape index (κ1) is 12.3. The Kier molecular flexibility index (Phi) is 3.64. The summed E-state index contributed by atoms with van der Waals surface area (Å²) < 4.78 is 13.0. The van der Waals surface area contributed by atoms with E-state index in [-0.39, 0.29) is 5.82 Å². The number of rotatable bonds is 3. The third-order valence-electron chi connectivity index (χ3n) is 2.35. The van der Waals surface area contributed by atoms with Gasteiger partial charge in [0, 0.05) is 5.56 Å². The van der Waals surface area contributed by atoms with E-state index in [9.17, 15) is 4.39 Å². The number of aryl methyl sites for hydroxylation is 1. The smallest absolute Gasteiger partial charge is 0.124 e. The molecule has 0 spiro atoms. The molecule has 0 aliphatic rings. The first-order valence-electron chi connectivity index (χ1n) is 5.32. The topological polar surface area (TPSA) is 38.9 Å². The van der Waals surface area contributed by atoms with Crippen LogP contribution in [0.15, 0.2) is 18.2 Å². The lowest BCUT2D eigenvalue weighted by Gasteiger charge is -2.01. The van der Waals surface area contributed by atoms with Gasteiger partial charge < -0.3 is 5.73 Å². The van der Waals surface area contributed by atoms with E-state index in [4.69, 9.17) is 17.3 Å². The number of hydrogen-bond acceptors (Lipinski definition) is 3. The average molecular weight is 271 g/mol. The van der Waals surface area contributed by atoms with Crippen molar-refractivity contribution < 1.29 is 4.39 Å². The summed E-state index contributed by atoms with van der Waals surface area (Å²) in [6.07, 6.45) is 1.91. The third-order valence-corrected chi connectivity index (χ3v) is 3.60. The van der Waals surface area contributed by atoms with Crippen molar-refractivity contribution in [1.29, 1.82) is 0 Å². The van der Waals surface area contributed by atoms with Gasteiger partial charge in [-0.15, -0.1) is 11.3 Å². The second kappa shape index (κ2) is 5.02. The van der Waals surface area contributed by atoms with Crippen LogP contribution in [0.25, 0.3) is 11.3 Å². The fourth-order valence-corrected chi connectivity index (χ4v) is 2.78. The lowest BCUT2D eigenvalue weighted by Crippen LogP contribution is -1.88. The highest BCUT2D eigenvalue weighted by Gasteiger charge is 2.13. The Morgan fingerprint density at radius 3 is 2.88 bits per heavy atom. The molecule has 1 aromatic carbocycles. The van der Waals surface area contributed by atoms with Crippen molar-refractivity contribution in [2.45, 2.75) is 19.8 Å². The lowest BCUT2D eigenvalue weighted by molar-refractivity contribution is 0.628. The monoisotopic (exact) mass is 270 g/mol. The minimum atomic E-state index is -0.360. The van der Waals surface area contributed by atoms with Crippen molar-refractivity contribution in [1.82, 2.24) is 4.98 Å². The summed E-state index contributed by atoms with van der Waals surface area (Å²) >= 11 is 7.45. The van der Waals surface area contributed by atoms with E-state index in [1.165, 1.54) is 23.5 Å². The molecule has 5 heteroatoms. The first-order chi connectivity index (χ1) is 8.11. The molecule has 0 unspecified atom stereocenters. The molecule has 0 radical (unpaired) electrons.